The van der Waals surface area contributed by atoms with Crippen LogP contribution in [0.2, 0.25) is 5.02 Å². The van der Waals surface area contributed by atoms with Gasteiger partial charge in [0.1, 0.15) is 6.33 Å². The van der Waals surface area contributed by atoms with E-state index in [-0.39, 0.29) is 5.91 Å². The maximum absolute atomic E-state index is 13.1. The van der Waals surface area contributed by atoms with E-state index in [0.717, 1.165) is 22.6 Å². The molecule has 9 heteroatoms. The number of anilines is 1. The molecule has 1 saturated heterocycles. The maximum Gasteiger partial charge on any atom is 0.253 e. The first kappa shape index (κ1) is 22.2. The highest BCUT2D eigenvalue weighted by Crippen LogP contribution is 2.25. The van der Waals surface area contributed by atoms with E-state index in [0.29, 0.717) is 47.9 Å². The van der Waals surface area contributed by atoms with E-state index in [1.165, 1.54) is 6.33 Å². The second-order valence-electron chi connectivity index (χ2n) is 8.57. The molecular formula is C27H22ClN7O. The van der Waals surface area contributed by atoms with E-state index in [1.54, 1.807) is 16.8 Å². The highest BCUT2D eigenvalue weighted by atomic mass is 35.5. The van der Waals surface area contributed by atoms with Crippen LogP contribution in [-0.2, 0) is 0 Å². The molecule has 1 aliphatic heterocycles. The molecule has 1 fully saturated rings. The molecule has 0 unspecified atom stereocenters. The molecule has 5 aromatic rings. The van der Waals surface area contributed by atoms with E-state index in [2.05, 4.69) is 37.3 Å². The molecule has 6 rings (SSSR count). The summed E-state index contributed by atoms with van der Waals surface area (Å²) in [5.41, 5.74) is 4.99. The van der Waals surface area contributed by atoms with Gasteiger partial charge in [0, 0.05) is 36.8 Å². The quantitative estimate of drug-likeness (QED) is 0.365. The molecule has 2 aromatic heterocycles. The molecule has 0 bridgehead atoms. The number of aromatic nitrogens is 5. The number of hydrogen-bond donors (Lipinski definition) is 0. The molecule has 8 nitrogen and oxygen atoms in total. The number of piperazine rings is 1. The molecule has 178 valence electrons. The van der Waals surface area contributed by atoms with Crippen molar-refractivity contribution in [2.24, 2.45) is 0 Å². The van der Waals surface area contributed by atoms with E-state index in [9.17, 15) is 4.79 Å². The average molecular weight is 496 g/mol. The van der Waals surface area contributed by atoms with Crippen LogP contribution in [0.5, 0.6) is 0 Å². The summed E-state index contributed by atoms with van der Waals surface area (Å²) in [4.78, 5) is 26.1. The fraction of sp³-hybridized carbons (Fsp3) is 0.148. The molecule has 0 N–H and O–H groups in total. The molecule has 0 spiro atoms. The summed E-state index contributed by atoms with van der Waals surface area (Å²) < 4.78 is 1.68. The Morgan fingerprint density at radius 1 is 0.778 bits per heavy atom. The molecule has 1 aliphatic rings. The third-order valence-electron chi connectivity index (χ3n) is 6.40. The van der Waals surface area contributed by atoms with Gasteiger partial charge in [-0.2, -0.15) is 4.68 Å². The Hall–Kier alpha value is -4.30. The van der Waals surface area contributed by atoms with Crippen molar-refractivity contribution in [2.45, 2.75) is 0 Å². The number of carbonyl (C=O) groups is 1. The van der Waals surface area contributed by atoms with Gasteiger partial charge in [0.15, 0.2) is 17.0 Å². The summed E-state index contributed by atoms with van der Waals surface area (Å²) in [7, 11) is 0. The third-order valence-corrected chi connectivity index (χ3v) is 6.65. The Kier molecular flexibility index (Phi) is 5.79. The van der Waals surface area contributed by atoms with E-state index < -0.39 is 0 Å². The first-order chi connectivity index (χ1) is 17.7. The number of benzene rings is 3. The number of nitrogens with zero attached hydrogens (tertiary/aromatic N) is 7. The Morgan fingerprint density at radius 2 is 1.47 bits per heavy atom. The number of halogens is 1. The molecule has 36 heavy (non-hydrogen) atoms. The molecule has 0 atom stereocenters. The summed E-state index contributed by atoms with van der Waals surface area (Å²) in [6.07, 6.45) is 1.53. The van der Waals surface area contributed by atoms with Gasteiger partial charge in [-0.1, -0.05) is 59.3 Å². The van der Waals surface area contributed by atoms with Crippen molar-refractivity contribution in [1.29, 1.82) is 0 Å². The Balaban J connectivity index is 1.16. The fourth-order valence-corrected chi connectivity index (χ4v) is 4.59. The van der Waals surface area contributed by atoms with Crippen molar-refractivity contribution < 1.29 is 4.79 Å². The maximum atomic E-state index is 13.1. The molecule has 0 saturated carbocycles. The van der Waals surface area contributed by atoms with Crippen LogP contribution in [-0.4, -0.2) is 61.9 Å². The topological polar surface area (TPSA) is 80.0 Å². The normalized spacial score (nSPS) is 13.8. The van der Waals surface area contributed by atoms with Gasteiger partial charge in [0.2, 0.25) is 0 Å². The monoisotopic (exact) mass is 495 g/mol. The number of carbonyl (C=O) groups excluding carboxylic acids is 1. The van der Waals surface area contributed by atoms with Gasteiger partial charge >= 0.3 is 0 Å². The minimum Gasteiger partial charge on any atom is -0.351 e. The van der Waals surface area contributed by atoms with Crippen LogP contribution >= 0.6 is 11.6 Å². The predicted octanol–water partition coefficient (Wildman–Crippen LogP) is 4.49. The van der Waals surface area contributed by atoms with Gasteiger partial charge in [0.25, 0.3) is 5.91 Å². The van der Waals surface area contributed by atoms with Gasteiger partial charge in [-0.3, -0.25) is 4.79 Å². The first-order valence-electron chi connectivity index (χ1n) is 11.7. The predicted molar refractivity (Wildman–Crippen MR) is 139 cm³/mol. The molecule has 3 aromatic carbocycles. The van der Waals surface area contributed by atoms with E-state index in [4.69, 9.17) is 11.6 Å². The minimum absolute atomic E-state index is 0.0378. The molecule has 0 radical (unpaired) electrons. The average Bonchev–Trinajstić information content (AvgIpc) is 3.38. The highest BCUT2D eigenvalue weighted by molar-refractivity contribution is 6.30. The lowest BCUT2D eigenvalue weighted by atomic mass is 10.0. The summed E-state index contributed by atoms with van der Waals surface area (Å²) in [5.74, 6) is 0.760. The minimum atomic E-state index is 0.0378. The van der Waals surface area contributed by atoms with Crippen LogP contribution < -0.4 is 4.90 Å². The summed E-state index contributed by atoms with van der Waals surface area (Å²) in [5, 5.41) is 9.30. The lowest BCUT2D eigenvalue weighted by Gasteiger charge is -2.35. The zero-order valence-corrected chi connectivity index (χ0v) is 20.1. The molecule has 3 heterocycles. The Morgan fingerprint density at radius 3 is 2.19 bits per heavy atom. The summed E-state index contributed by atoms with van der Waals surface area (Å²) >= 11 is 6.02. The van der Waals surface area contributed by atoms with Gasteiger partial charge < -0.3 is 9.80 Å². The van der Waals surface area contributed by atoms with Crippen molar-refractivity contribution >= 4 is 34.5 Å². The lowest BCUT2D eigenvalue weighted by Crippen LogP contribution is -2.49. The van der Waals surface area contributed by atoms with Gasteiger partial charge in [-0.15, -0.1) is 5.10 Å². The van der Waals surface area contributed by atoms with Crippen molar-refractivity contribution in [3.05, 3.63) is 95.8 Å². The zero-order chi connectivity index (χ0) is 24.5. The lowest BCUT2D eigenvalue weighted by molar-refractivity contribution is 0.0746. The fourth-order valence-electron chi connectivity index (χ4n) is 4.46. The van der Waals surface area contributed by atoms with Crippen LogP contribution in [0, 0.1) is 0 Å². The Labute approximate surface area is 212 Å². The second-order valence-corrected chi connectivity index (χ2v) is 9.01. The standard InChI is InChI=1S/C27H22ClN7O/c28-22-10-12-23(13-11-22)35-26-24(31-32-35)25(29-18-30-26)33-14-16-34(17-15-33)27(36)21-8-6-20(7-9-21)19-4-2-1-3-5-19/h1-13,18H,14-17H2. The summed E-state index contributed by atoms with van der Waals surface area (Å²) in [6, 6.07) is 25.3. The zero-order valence-electron chi connectivity index (χ0n) is 19.3. The van der Waals surface area contributed by atoms with Crippen LogP contribution in [0.15, 0.2) is 85.2 Å². The number of fused-ring (bicyclic) bond motifs is 1. The van der Waals surface area contributed by atoms with Crippen molar-refractivity contribution in [3.8, 4) is 16.8 Å². The van der Waals surface area contributed by atoms with Gasteiger partial charge in [-0.25, -0.2) is 9.97 Å². The van der Waals surface area contributed by atoms with Crippen molar-refractivity contribution in [1.82, 2.24) is 29.9 Å². The molecule has 1 amide bonds. The molecule has 0 aliphatic carbocycles. The van der Waals surface area contributed by atoms with Crippen LogP contribution in [0.25, 0.3) is 28.0 Å². The number of hydrogen-bond acceptors (Lipinski definition) is 6. The van der Waals surface area contributed by atoms with Crippen LogP contribution in [0.4, 0.5) is 5.82 Å². The van der Waals surface area contributed by atoms with Gasteiger partial charge in [-0.05, 0) is 47.5 Å². The van der Waals surface area contributed by atoms with Crippen LogP contribution in [0.1, 0.15) is 10.4 Å². The molecular weight excluding hydrogens is 474 g/mol. The van der Waals surface area contributed by atoms with Crippen LogP contribution in [0.3, 0.4) is 0 Å². The van der Waals surface area contributed by atoms with Gasteiger partial charge in [0.05, 0.1) is 5.69 Å². The Bertz CT molecular complexity index is 1510. The third kappa shape index (κ3) is 4.16. The highest BCUT2D eigenvalue weighted by Gasteiger charge is 2.25. The first-order valence-corrected chi connectivity index (χ1v) is 12.1. The SMILES string of the molecule is O=C(c1ccc(-c2ccccc2)cc1)N1CCN(c2ncnc3c2nnn3-c2ccc(Cl)cc2)CC1. The smallest absolute Gasteiger partial charge is 0.253 e. The van der Waals surface area contributed by atoms with E-state index >= 15 is 0 Å². The van der Waals surface area contributed by atoms with Crippen molar-refractivity contribution in [3.63, 3.8) is 0 Å². The van der Waals surface area contributed by atoms with E-state index in [1.807, 2.05) is 59.5 Å². The largest absolute Gasteiger partial charge is 0.351 e. The summed E-state index contributed by atoms with van der Waals surface area (Å²) in [6.45, 7) is 2.48. The second kappa shape index (κ2) is 9.39. The number of rotatable bonds is 4. The van der Waals surface area contributed by atoms with Crippen molar-refractivity contribution in [2.75, 3.05) is 31.1 Å². The number of amides is 1.